The molecular formula is C29H32FN3O6S. The van der Waals surface area contributed by atoms with Crippen LogP contribution in [0, 0.1) is 5.82 Å². The Kier molecular flexibility index (Phi) is 9.73. The van der Waals surface area contributed by atoms with Gasteiger partial charge in [-0.05, 0) is 73.9 Å². The van der Waals surface area contributed by atoms with Gasteiger partial charge in [0.15, 0.2) is 6.61 Å². The molecule has 2 N–H and O–H groups in total. The zero-order chi connectivity index (χ0) is 28.5. The van der Waals surface area contributed by atoms with Gasteiger partial charge >= 0.3 is 0 Å². The van der Waals surface area contributed by atoms with Crippen LogP contribution in [0.4, 0.5) is 10.1 Å². The Bertz CT molecular complexity index is 1380. The van der Waals surface area contributed by atoms with Crippen LogP contribution in [0.1, 0.15) is 25.3 Å². The predicted octanol–water partition coefficient (Wildman–Crippen LogP) is 3.72. The molecule has 11 heteroatoms. The second-order valence-electron chi connectivity index (χ2n) is 9.44. The smallest absolute Gasteiger partial charge is 0.261 e. The standard InChI is InChI=1S/C29H32FN3O6S/c1-21(29(35)31-18-26-8-5-17-38-26)33(19-22-6-3-2-4-7-22)28(34)20-39-25-13-15-27(16-14-25)40(36,37)32-24-11-9-23(30)10-12-24/h2-4,6-7,9-16,21,26,32H,5,8,17-20H2,1H3,(H,31,35)/t21-,26+/m0/s1. The fraction of sp³-hybridized carbons (Fsp3) is 0.310. The number of sulfonamides is 1. The lowest BCUT2D eigenvalue weighted by molar-refractivity contribution is -0.142. The molecule has 3 aromatic rings. The Morgan fingerprint density at radius 1 is 1.05 bits per heavy atom. The molecule has 0 saturated carbocycles. The van der Waals surface area contributed by atoms with Gasteiger partial charge in [-0.3, -0.25) is 14.3 Å². The van der Waals surface area contributed by atoms with Gasteiger partial charge < -0.3 is 19.7 Å². The van der Waals surface area contributed by atoms with E-state index in [9.17, 15) is 22.4 Å². The highest BCUT2D eigenvalue weighted by molar-refractivity contribution is 7.92. The monoisotopic (exact) mass is 569 g/mol. The molecule has 2 atom stereocenters. The topological polar surface area (TPSA) is 114 Å². The number of rotatable bonds is 12. The van der Waals surface area contributed by atoms with Crippen molar-refractivity contribution in [3.63, 3.8) is 0 Å². The van der Waals surface area contributed by atoms with Crippen LogP contribution in [0.15, 0.2) is 83.8 Å². The summed E-state index contributed by atoms with van der Waals surface area (Å²) in [6, 6.07) is 19.1. The van der Waals surface area contributed by atoms with E-state index in [1.54, 1.807) is 6.92 Å². The van der Waals surface area contributed by atoms with Crippen LogP contribution in [0.3, 0.4) is 0 Å². The van der Waals surface area contributed by atoms with Gasteiger partial charge in [-0.25, -0.2) is 12.8 Å². The Morgan fingerprint density at radius 3 is 2.40 bits per heavy atom. The van der Waals surface area contributed by atoms with Crippen molar-refractivity contribution in [1.82, 2.24) is 10.2 Å². The molecule has 0 spiro atoms. The first-order valence-corrected chi connectivity index (χ1v) is 14.4. The maximum absolute atomic E-state index is 13.2. The third kappa shape index (κ3) is 8.03. The zero-order valence-corrected chi connectivity index (χ0v) is 22.9. The molecule has 1 aliphatic heterocycles. The molecule has 9 nitrogen and oxygen atoms in total. The van der Waals surface area contributed by atoms with E-state index in [4.69, 9.17) is 9.47 Å². The summed E-state index contributed by atoms with van der Waals surface area (Å²) in [6.07, 6.45) is 1.83. The molecule has 212 valence electrons. The number of halogens is 1. The normalized spacial score (nSPS) is 15.7. The summed E-state index contributed by atoms with van der Waals surface area (Å²) < 4.78 is 52.0. The molecule has 3 aromatic carbocycles. The van der Waals surface area contributed by atoms with Gasteiger partial charge in [0.1, 0.15) is 17.6 Å². The number of hydrogen-bond donors (Lipinski definition) is 2. The Balaban J connectivity index is 1.38. The maximum atomic E-state index is 13.2. The van der Waals surface area contributed by atoms with E-state index >= 15 is 0 Å². The second kappa shape index (κ2) is 13.4. The third-order valence-electron chi connectivity index (χ3n) is 6.48. The number of benzene rings is 3. The summed E-state index contributed by atoms with van der Waals surface area (Å²) in [5.74, 6) is -0.888. The lowest BCUT2D eigenvalue weighted by Gasteiger charge is -2.29. The molecule has 4 rings (SSSR count). The first-order chi connectivity index (χ1) is 19.2. The van der Waals surface area contributed by atoms with Crippen LogP contribution in [-0.4, -0.2) is 57.0 Å². The van der Waals surface area contributed by atoms with E-state index < -0.39 is 27.8 Å². The lowest BCUT2D eigenvalue weighted by Crippen LogP contribution is -2.50. The Labute approximate surface area is 233 Å². The number of anilines is 1. The van der Waals surface area contributed by atoms with Crippen LogP contribution >= 0.6 is 0 Å². The van der Waals surface area contributed by atoms with Gasteiger partial charge in [-0.15, -0.1) is 0 Å². The van der Waals surface area contributed by atoms with Crippen molar-refractivity contribution >= 4 is 27.5 Å². The van der Waals surface area contributed by atoms with E-state index in [1.807, 2.05) is 30.3 Å². The highest BCUT2D eigenvalue weighted by Gasteiger charge is 2.27. The SMILES string of the molecule is C[C@@H](C(=O)NC[C@H]1CCCO1)N(Cc1ccccc1)C(=O)COc1ccc(S(=O)(=O)Nc2ccc(F)cc2)cc1. The van der Waals surface area contributed by atoms with Crippen molar-refractivity contribution in [3.8, 4) is 5.75 Å². The average Bonchev–Trinajstić information content (AvgIpc) is 3.49. The number of nitrogens with one attached hydrogen (secondary N) is 2. The predicted molar refractivity (Wildman–Crippen MR) is 148 cm³/mol. The molecule has 1 saturated heterocycles. The highest BCUT2D eigenvalue weighted by Crippen LogP contribution is 2.20. The van der Waals surface area contributed by atoms with E-state index in [2.05, 4.69) is 10.0 Å². The molecule has 0 radical (unpaired) electrons. The average molecular weight is 570 g/mol. The highest BCUT2D eigenvalue weighted by atomic mass is 32.2. The molecule has 1 fully saturated rings. The van der Waals surface area contributed by atoms with Crippen molar-refractivity contribution in [3.05, 3.63) is 90.2 Å². The van der Waals surface area contributed by atoms with Crippen molar-refractivity contribution < 1.29 is 31.9 Å². The summed E-state index contributed by atoms with van der Waals surface area (Å²) >= 11 is 0. The Hall–Kier alpha value is -3.96. The minimum absolute atomic E-state index is 0.0181. The second-order valence-corrected chi connectivity index (χ2v) is 11.1. The number of carbonyl (C=O) groups is 2. The molecule has 0 bridgehead atoms. The molecule has 0 unspecified atom stereocenters. The first kappa shape index (κ1) is 29.0. The molecule has 1 aliphatic rings. The van der Waals surface area contributed by atoms with E-state index in [0.29, 0.717) is 13.2 Å². The third-order valence-corrected chi connectivity index (χ3v) is 7.88. The van der Waals surface area contributed by atoms with Gasteiger partial charge in [0.25, 0.3) is 15.9 Å². The summed E-state index contributed by atoms with van der Waals surface area (Å²) in [5.41, 5.74) is 1.08. The van der Waals surface area contributed by atoms with Crippen LogP contribution in [0.2, 0.25) is 0 Å². The lowest BCUT2D eigenvalue weighted by atomic mass is 10.1. The van der Waals surface area contributed by atoms with Gasteiger partial charge in [0.05, 0.1) is 11.0 Å². The van der Waals surface area contributed by atoms with Gasteiger partial charge in [0, 0.05) is 25.4 Å². The minimum Gasteiger partial charge on any atom is -0.484 e. The molecule has 1 heterocycles. The van der Waals surface area contributed by atoms with Crippen LogP contribution < -0.4 is 14.8 Å². The Morgan fingerprint density at radius 2 is 1.75 bits per heavy atom. The van der Waals surface area contributed by atoms with Crippen LogP contribution in [-0.2, 0) is 30.9 Å². The van der Waals surface area contributed by atoms with Gasteiger partial charge in [-0.2, -0.15) is 0 Å². The van der Waals surface area contributed by atoms with Crippen molar-refractivity contribution in [2.75, 3.05) is 24.5 Å². The number of amides is 2. The molecule has 0 aromatic heterocycles. The number of carbonyl (C=O) groups excluding carboxylic acids is 2. The molecule has 0 aliphatic carbocycles. The quantitative estimate of drug-likeness (QED) is 0.344. The molecule has 40 heavy (non-hydrogen) atoms. The summed E-state index contributed by atoms with van der Waals surface area (Å²) in [4.78, 5) is 27.6. The number of ether oxygens (including phenoxy) is 2. The van der Waals surface area contributed by atoms with Crippen molar-refractivity contribution in [2.45, 2.75) is 43.4 Å². The minimum atomic E-state index is -3.91. The van der Waals surface area contributed by atoms with Crippen LogP contribution in [0.25, 0.3) is 0 Å². The van der Waals surface area contributed by atoms with Crippen molar-refractivity contribution in [2.24, 2.45) is 0 Å². The van der Waals surface area contributed by atoms with Crippen LogP contribution in [0.5, 0.6) is 5.75 Å². The first-order valence-electron chi connectivity index (χ1n) is 13.0. The fourth-order valence-corrected chi connectivity index (χ4v) is 5.26. The summed E-state index contributed by atoms with van der Waals surface area (Å²) in [5, 5.41) is 2.88. The van der Waals surface area contributed by atoms with Gasteiger partial charge in [-0.1, -0.05) is 30.3 Å². The largest absolute Gasteiger partial charge is 0.484 e. The number of hydrogen-bond acceptors (Lipinski definition) is 6. The number of nitrogens with zero attached hydrogens (tertiary/aromatic N) is 1. The molecule has 2 amide bonds. The molecular weight excluding hydrogens is 537 g/mol. The van der Waals surface area contributed by atoms with Gasteiger partial charge in [0.2, 0.25) is 5.91 Å². The van der Waals surface area contributed by atoms with E-state index in [1.165, 1.54) is 41.3 Å². The van der Waals surface area contributed by atoms with E-state index in [-0.39, 0.29) is 41.5 Å². The fourth-order valence-electron chi connectivity index (χ4n) is 4.21. The maximum Gasteiger partial charge on any atom is 0.261 e. The summed E-state index contributed by atoms with van der Waals surface area (Å²) in [6.45, 7) is 2.60. The summed E-state index contributed by atoms with van der Waals surface area (Å²) in [7, 11) is -3.91. The zero-order valence-electron chi connectivity index (χ0n) is 22.1. The van der Waals surface area contributed by atoms with Crippen molar-refractivity contribution in [1.29, 1.82) is 0 Å². The van der Waals surface area contributed by atoms with E-state index in [0.717, 1.165) is 30.5 Å².